The second kappa shape index (κ2) is 6.91. The molecular weight excluding hydrogens is 311 g/mol. The molecule has 0 saturated carbocycles. The van der Waals surface area contributed by atoms with E-state index < -0.39 is 24.2 Å². The summed E-state index contributed by atoms with van der Waals surface area (Å²) in [6.45, 7) is -0.424. The summed E-state index contributed by atoms with van der Waals surface area (Å²) in [5, 5.41) is 0.804. The number of furan rings is 1. The molecule has 2 aromatic carbocycles. The average molecular weight is 324 g/mol. The van der Waals surface area contributed by atoms with Crippen LogP contribution in [0.5, 0.6) is 0 Å². The number of Topliss-reactive ketones (excluding diaryl/α,β-unsaturated/α-hetero) is 1. The number of carbonyl (C=O) groups is 2. The van der Waals surface area contributed by atoms with Crippen LogP contribution in [0.15, 0.2) is 65.1 Å². The molecule has 0 aliphatic rings. The van der Waals surface area contributed by atoms with Gasteiger partial charge in [0.1, 0.15) is 11.4 Å². The molecule has 0 spiro atoms. The first-order valence-electron chi connectivity index (χ1n) is 7.24. The van der Waals surface area contributed by atoms with E-state index in [-0.39, 0.29) is 5.76 Å². The lowest BCUT2D eigenvalue weighted by Crippen LogP contribution is -2.11. The zero-order chi connectivity index (χ0) is 16.9. The standard InChI is InChI=1S/C19H13FO4/c20-15-6-3-4-13(10-15)8-9-19(22)23-12-16(21)18-11-14-5-1-2-7-17(14)24-18/h1-11H,12H2/b9-8+. The van der Waals surface area contributed by atoms with E-state index in [0.29, 0.717) is 11.1 Å². The van der Waals surface area contributed by atoms with Crippen molar-refractivity contribution in [2.24, 2.45) is 0 Å². The summed E-state index contributed by atoms with van der Waals surface area (Å²) in [6.07, 6.45) is 2.55. The highest BCUT2D eigenvalue weighted by Gasteiger charge is 2.13. The Hall–Kier alpha value is -3.21. The van der Waals surface area contributed by atoms with Gasteiger partial charge in [0.25, 0.3) is 0 Å². The number of benzene rings is 2. The van der Waals surface area contributed by atoms with Crippen LogP contribution in [0, 0.1) is 5.82 Å². The van der Waals surface area contributed by atoms with E-state index in [4.69, 9.17) is 9.15 Å². The average Bonchev–Trinajstić information content (AvgIpc) is 3.02. The van der Waals surface area contributed by atoms with Gasteiger partial charge in [0.05, 0.1) is 0 Å². The molecule has 120 valence electrons. The van der Waals surface area contributed by atoms with Gasteiger partial charge < -0.3 is 9.15 Å². The van der Waals surface area contributed by atoms with Gasteiger partial charge in [-0.2, -0.15) is 0 Å². The van der Waals surface area contributed by atoms with Gasteiger partial charge in [-0.05, 0) is 35.9 Å². The van der Waals surface area contributed by atoms with Gasteiger partial charge in [-0.15, -0.1) is 0 Å². The van der Waals surface area contributed by atoms with Crippen LogP contribution in [0.3, 0.4) is 0 Å². The molecule has 0 amide bonds. The number of rotatable bonds is 5. The largest absolute Gasteiger partial charge is 0.454 e. The normalized spacial score (nSPS) is 11.0. The maximum atomic E-state index is 13.0. The van der Waals surface area contributed by atoms with Crippen molar-refractivity contribution in [3.05, 3.63) is 77.8 Å². The fraction of sp³-hybridized carbons (Fsp3) is 0.0526. The highest BCUT2D eigenvalue weighted by atomic mass is 19.1. The molecule has 0 aliphatic heterocycles. The molecule has 0 unspecified atom stereocenters. The van der Waals surface area contributed by atoms with Crippen molar-refractivity contribution in [3.8, 4) is 0 Å². The van der Waals surface area contributed by atoms with Crippen LogP contribution >= 0.6 is 0 Å². The highest BCUT2D eigenvalue weighted by Crippen LogP contribution is 2.19. The Bertz CT molecular complexity index is 891. The van der Waals surface area contributed by atoms with Gasteiger partial charge >= 0.3 is 5.97 Å². The van der Waals surface area contributed by atoms with E-state index in [0.717, 1.165) is 11.5 Å². The zero-order valence-electron chi connectivity index (χ0n) is 12.6. The fourth-order valence-corrected chi connectivity index (χ4v) is 2.15. The number of ketones is 1. The lowest BCUT2D eigenvalue weighted by molar-refractivity contribution is -0.136. The topological polar surface area (TPSA) is 56.5 Å². The van der Waals surface area contributed by atoms with E-state index in [2.05, 4.69) is 0 Å². The smallest absolute Gasteiger partial charge is 0.331 e. The number of ether oxygens (including phenoxy) is 1. The molecule has 1 aromatic heterocycles. The molecular formula is C19H13FO4. The Kier molecular flexibility index (Phi) is 4.52. The van der Waals surface area contributed by atoms with Crippen LogP contribution < -0.4 is 0 Å². The van der Waals surface area contributed by atoms with E-state index in [1.165, 1.54) is 24.3 Å². The van der Waals surface area contributed by atoms with E-state index in [1.807, 2.05) is 12.1 Å². The first-order valence-corrected chi connectivity index (χ1v) is 7.24. The molecule has 0 saturated heterocycles. The summed E-state index contributed by atoms with van der Waals surface area (Å²) in [4.78, 5) is 23.6. The van der Waals surface area contributed by atoms with Crippen LogP contribution in [0.25, 0.3) is 17.0 Å². The third-order valence-electron chi connectivity index (χ3n) is 3.31. The SMILES string of the molecule is O=C(/C=C/c1cccc(F)c1)OCC(=O)c1cc2ccccc2o1. The molecule has 0 radical (unpaired) electrons. The third kappa shape index (κ3) is 3.76. The molecule has 1 heterocycles. The van der Waals surface area contributed by atoms with Crippen LogP contribution in [-0.2, 0) is 9.53 Å². The Balaban J connectivity index is 1.58. The van der Waals surface area contributed by atoms with E-state index in [1.54, 1.807) is 24.3 Å². The van der Waals surface area contributed by atoms with Crippen molar-refractivity contribution < 1.29 is 23.1 Å². The number of esters is 1. The number of carbonyl (C=O) groups excluding carboxylic acids is 2. The van der Waals surface area contributed by atoms with Gasteiger partial charge in [-0.25, -0.2) is 9.18 Å². The number of halogens is 1. The predicted octanol–water partition coefficient (Wildman–Crippen LogP) is 4.01. The van der Waals surface area contributed by atoms with E-state index >= 15 is 0 Å². The van der Waals surface area contributed by atoms with Crippen molar-refractivity contribution >= 4 is 28.8 Å². The summed E-state index contributed by atoms with van der Waals surface area (Å²) in [6, 6.07) is 14.6. The van der Waals surface area contributed by atoms with Crippen LogP contribution in [0.1, 0.15) is 16.1 Å². The summed E-state index contributed by atoms with van der Waals surface area (Å²) in [7, 11) is 0. The quantitative estimate of drug-likeness (QED) is 0.404. The van der Waals surface area contributed by atoms with Crippen molar-refractivity contribution in [2.45, 2.75) is 0 Å². The van der Waals surface area contributed by atoms with Gasteiger partial charge in [0.2, 0.25) is 5.78 Å². The summed E-state index contributed by atoms with van der Waals surface area (Å²) in [5.41, 5.74) is 1.12. The fourth-order valence-electron chi connectivity index (χ4n) is 2.15. The molecule has 0 atom stereocenters. The molecule has 0 fully saturated rings. The second-order valence-electron chi connectivity index (χ2n) is 5.07. The minimum Gasteiger partial charge on any atom is -0.454 e. The van der Waals surface area contributed by atoms with Crippen LogP contribution in [-0.4, -0.2) is 18.4 Å². The van der Waals surface area contributed by atoms with Crippen molar-refractivity contribution in [1.82, 2.24) is 0 Å². The molecule has 3 rings (SSSR count). The molecule has 5 heteroatoms. The molecule has 0 bridgehead atoms. The minimum atomic E-state index is -0.691. The molecule has 0 aliphatic carbocycles. The van der Waals surface area contributed by atoms with Gasteiger partial charge in [-0.3, -0.25) is 4.79 Å². The van der Waals surface area contributed by atoms with Crippen LogP contribution in [0.4, 0.5) is 4.39 Å². The van der Waals surface area contributed by atoms with Crippen molar-refractivity contribution in [1.29, 1.82) is 0 Å². The number of fused-ring (bicyclic) bond motifs is 1. The predicted molar refractivity (Wildman–Crippen MR) is 86.9 cm³/mol. The Labute approximate surface area is 137 Å². The van der Waals surface area contributed by atoms with Gasteiger partial charge in [0, 0.05) is 11.5 Å². The van der Waals surface area contributed by atoms with Gasteiger partial charge in [-0.1, -0.05) is 30.3 Å². The number of hydrogen-bond acceptors (Lipinski definition) is 4. The monoisotopic (exact) mass is 324 g/mol. The van der Waals surface area contributed by atoms with Crippen LogP contribution in [0.2, 0.25) is 0 Å². The lowest BCUT2D eigenvalue weighted by Gasteiger charge is -1.99. The zero-order valence-corrected chi connectivity index (χ0v) is 12.6. The Morgan fingerprint density at radius 3 is 2.71 bits per heavy atom. The maximum absolute atomic E-state index is 13.0. The summed E-state index contributed by atoms with van der Waals surface area (Å²) >= 11 is 0. The molecule has 4 nitrogen and oxygen atoms in total. The maximum Gasteiger partial charge on any atom is 0.331 e. The summed E-state index contributed by atoms with van der Waals surface area (Å²) in [5.74, 6) is -1.38. The third-order valence-corrected chi connectivity index (χ3v) is 3.31. The van der Waals surface area contributed by atoms with E-state index in [9.17, 15) is 14.0 Å². The Morgan fingerprint density at radius 2 is 1.92 bits per heavy atom. The molecule has 24 heavy (non-hydrogen) atoms. The summed E-state index contributed by atoms with van der Waals surface area (Å²) < 4.78 is 23.3. The minimum absolute atomic E-state index is 0.137. The molecule has 3 aromatic rings. The first kappa shape index (κ1) is 15.7. The van der Waals surface area contributed by atoms with Crippen molar-refractivity contribution in [3.63, 3.8) is 0 Å². The van der Waals surface area contributed by atoms with Gasteiger partial charge in [0.15, 0.2) is 12.4 Å². The number of para-hydroxylation sites is 1. The number of hydrogen-bond donors (Lipinski definition) is 0. The lowest BCUT2D eigenvalue weighted by atomic mass is 10.2. The molecule has 0 N–H and O–H groups in total. The Morgan fingerprint density at radius 1 is 1.08 bits per heavy atom. The van der Waals surface area contributed by atoms with Crippen molar-refractivity contribution in [2.75, 3.05) is 6.61 Å². The second-order valence-corrected chi connectivity index (χ2v) is 5.07. The highest BCUT2D eigenvalue weighted by molar-refractivity contribution is 5.99. The first-order chi connectivity index (χ1) is 11.6.